The van der Waals surface area contributed by atoms with E-state index in [1.807, 2.05) is 0 Å². The van der Waals surface area contributed by atoms with E-state index in [2.05, 4.69) is 26.3 Å². The van der Waals surface area contributed by atoms with Crippen molar-refractivity contribution in [2.45, 2.75) is 18.9 Å². The van der Waals surface area contributed by atoms with Crippen LogP contribution >= 0.6 is 0 Å². The highest BCUT2D eigenvalue weighted by atomic mass is 16.5. The van der Waals surface area contributed by atoms with Gasteiger partial charge >= 0.3 is 5.69 Å². The maximum absolute atomic E-state index is 12.7. The van der Waals surface area contributed by atoms with E-state index < -0.39 is 0 Å². The molecule has 29 heavy (non-hydrogen) atoms. The van der Waals surface area contributed by atoms with Crippen molar-refractivity contribution in [1.29, 1.82) is 5.26 Å². The lowest BCUT2D eigenvalue weighted by Gasteiger charge is -2.23. The van der Waals surface area contributed by atoms with Crippen molar-refractivity contribution in [3.8, 4) is 12.0 Å². The van der Waals surface area contributed by atoms with Crippen LogP contribution in [0, 0.1) is 11.3 Å². The summed E-state index contributed by atoms with van der Waals surface area (Å²) in [6.07, 6.45) is 3.12. The number of rotatable bonds is 3. The molecule has 1 fully saturated rings. The van der Waals surface area contributed by atoms with Crippen molar-refractivity contribution >= 4 is 28.0 Å². The van der Waals surface area contributed by atoms with Gasteiger partial charge in [-0.15, -0.1) is 0 Å². The zero-order valence-electron chi connectivity index (χ0n) is 15.7. The third kappa shape index (κ3) is 2.75. The number of hydrogen-bond acceptors (Lipinski definition) is 7. The number of aromatic nitrogens is 6. The topological polar surface area (TPSA) is 126 Å². The maximum atomic E-state index is 12.7. The number of nitrogens with one attached hydrogen (secondary N) is 2. The van der Waals surface area contributed by atoms with E-state index >= 15 is 0 Å². The Bertz CT molecular complexity index is 1320. The summed E-state index contributed by atoms with van der Waals surface area (Å²) >= 11 is 0. The third-order valence-corrected chi connectivity index (χ3v) is 5.24. The zero-order valence-corrected chi connectivity index (χ0v) is 15.7. The minimum atomic E-state index is -0.211. The van der Waals surface area contributed by atoms with E-state index in [0.29, 0.717) is 41.7 Å². The first-order valence-corrected chi connectivity index (χ1v) is 9.35. The molecule has 4 heterocycles. The summed E-state index contributed by atoms with van der Waals surface area (Å²) in [7, 11) is 1.75. The van der Waals surface area contributed by atoms with Crippen molar-refractivity contribution in [1.82, 2.24) is 29.1 Å². The molecule has 146 valence electrons. The lowest BCUT2D eigenvalue weighted by atomic mass is 10.1. The Morgan fingerprint density at radius 1 is 1.31 bits per heavy atom. The molecule has 0 unspecified atom stereocenters. The van der Waals surface area contributed by atoms with Crippen LogP contribution in [-0.4, -0.2) is 49.3 Å². The van der Waals surface area contributed by atoms with Gasteiger partial charge in [-0.3, -0.25) is 9.13 Å². The summed E-state index contributed by atoms with van der Waals surface area (Å²) in [5.74, 6) is 0.894. The van der Waals surface area contributed by atoms with Crippen LogP contribution in [0.3, 0.4) is 0 Å². The van der Waals surface area contributed by atoms with Gasteiger partial charge in [-0.25, -0.2) is 9.78 Å². The zero-order chi connectivity index (χ0) is 20.0. The van der Waals surface area contributed by atoms with Gasteiger partial charge in [0.2, 0.25) is 5.95 Å². The molecule has 0 atom stereocenters. The molecule has 1 aliphatic heterocycles. The Kier molecular flexibility index (Phi) is 4.03. The SMILES string of the molecule is CNc1nc(-n2cnc3ccc(C#N)cc32)nc2c1[nH]c(=O)n2C1CCOCC1. The van der Waals surface area contributed by atoms with E-state index in [0.717, 1.165) is 23.9 Å². The van der Waals surface area contributed by atoms with Gasteiger partial charge in [-0.1, -0.05) is 0 Å². The Labute approximate surface area is 164 Å². The minimum absolute atomic E-state index is 0.0159. The van der Waals surface area contributed by atoms with Crippen molar-refractivity contribution in [3.63, 3.8) is 0 Å². The highest BCUT2D eigenvalue weighted by molar-refractivity contribution is 5.84. The molecule has 0 spiro atoms. The number of ether oxygens (including phenoxy) is 1. The molecule has 0 bridgehead atoms. The summed E-state index contributed by atoms with van der Waals surface area (Å²) in [4.78, 5) is 29.3. The van der Waals surface area contributed by atoms with Crippen LogP contribution in [0.1, 0.15) is 24.4 Å². The molecule has 10 nitrogen and oxygen atoms in total. The summed E-state index contributed by atoms with van der Waals surface area (Å²) < 4.78 is 8.86. The number of benzene rings is 1. The number of fused-ring (bicyclic) bond motifs is 2. The van der Waals surface area contributed by atoms with Crippen molar-refractivity contribution in [2.75, 3.05) is 25.6 Å². The predicted molar refractivity (Wildman–Crippen MR) is 106 cm³/mol. The number of hydrogen-bond donors (Lipinski definition) is 2. The smallest absolute Gasteiger partial charge is 0.328 e. The number of anilines is 1. The molecule has 1 aliphatic rings. The summed E-state index contributed by atoms with van der Waals surface area (Å²) in [6.45, 7) is 1.23. The summed E-state index contributed by atoms with van der Waals surface area (Å²) in [5.41, 5.74) is 2.87. The molecule has 0 radical (unpaired) electrons. The first kappa shape index (κ1) is 17.4. The van der Waals surface area contributed by atoms with Gasteiger partial charge in [0.25, 0.3) is 0 Å². The second kappa shape index (κ2) is 6.72. The Hall–Kier alpha value is -3.71. The van der Waals surface area contributed by atoms with E-state index in [1.54, 1.807) is 40.7 Å². The molecule has 0 amide bonds. The fourth-order valence-corrected chi connectivity index (χ4v) is 3.80. The monoisotopic (exact) mass is 390 g/mol. The standard InChI is InChI=1S/C19H18N8O2/c1-21-16-15-17(27(19(28)23-15)12-4-6-29-7-5-12)25-18(24-16)26-10-22-13-3-2-11(9-20)8-14(13)26/h2-3,8,10,12H,4-7H2,1H3,(H,23,28)(H,21,24,25). The molecule has 1 saturated heterocycles. The van der Waals surface area contributed by atoms with Gasteiger partial charge in [0.1, 0.15) is 11.8 Å². The molecule has 0 saturated carbocycles. The number of nitriles is 1. The largest absolute Gasteiger partial charge is 0.381 e. The van der Waals surface area contributed by atoms with Gasteiger partial charge in [0, 0.05) is 26.3 Å². The fraction of sp³-hybridized carbons (Fsp3) is 0.316. The number of nitrogens with zero attached hydrogens (tertiary/aromatic N) is 6. The third-order valence-electron chi connectivity index (χ3n) is 5.24. The van der Waals surface area contributed by atoms with Crippen molar-refractivity contribution in [3.05, 3.63) is 40.6 Å². The normalized spacial score (nSPS) is 15.0. The fourth-order valence-electron chi connectivity index (χ4n) is 3.80. The second-order valence-corrected chi connectivity index (χ2v) is 6.89. The number of imidazole rings is 2. The van der Waals surface area contributed by atoms with E-state index in [9.17, 15) is 10.1 Å². The number of aromatic amines is 1. The van der Waals surface area contributed by atoms with Crippen molar-refractivity contribution in [2.24, 2.45) is 0 Å². The van der Waals surface area contributed by atoms with Gasteiger partial charge < -0.3 is 15.0 Å². The van der Waals surface area contributed by atoms with Crippen LogP contribution in [-0.2, 0) is 4.74 Å². The van der Waals surface area contributed by atoms with Gasteiger partial charge in [-0.2, -0.15) is 15.2 Å². The van der Waals surface area contributed by atoms with Gasteiger partial charge in [0.05, 0.1) is 22.7 Å². The predicted octanol–water partition coefficient (Wildman–Crippen LogP) is 1.72. The van der Waals surface area contributed by atoms with Gasteiger partial charge in [-0.05, 0) is 31.0 Å². The highest BCUT2D eigenvalue weighted by Gasteiger charge is 2.24. The highest BCUT2D eigenvalue weighted by Crippen LogP contribution is 2.27. The maximum Gasteiger partial charge on any atom is 0.328 e. The molecular weight excluding hydrogens is 372 g/mol. The molecule has 2 N–H and O–H groups in total. The lowest BCUT2D eigenvalue weighted by Crippen LogP contribution is -2.27. The second-order valence-electron chi connectivity index (χ2n) is 6.89. The molecule has 3 aromatic heterocycles. The molecule has 4 aromatic rings. The minimum Gasteiger partial charge on any atom is -0.381 e. The average Bonchev–Trinajstić information content (AvgIpc) is 3.33. The van der Waals surface area contributed by atoms with E-state index in [1.165, 1.54) is 0 Å². The van der Waals surface area contributed by atoms with Gasteiger partial charge in [0.15, 0.2) is 11.5 Å². The Balaban J connectivity index is 1.75. The van der Waals surface area contributed by atoms with Crippen LogP contribution in [0.25, 0.3) is 28.1 Å². The Morgan fingerprint density at radius 2 is 2.14 bits per heavy atom. The molecule has 1 aromatic carbocycles. The molecule has 0 aliphatic carbocycles. The van der Waals surface area contributed by atoms with Crippen molar-refractivity contribution < 1.29 is 4.74 Å². The molecule has 10 heteroatoms. The Morgan fingerprint density at radius 3 is 2.90 bits per heavy atom. The van der Waals surface area contributed by atoms with Crippen LogP contribution in [0.2, 0.25) is 0 Å². The first-order valence-electron chi connectivity index (χ1n) is 9.35. The summed E-state index contributed by atoms with van der Waals surface area (Å²) in [5, 5.41) is 12.3. The molecular formula is C19H18N8O2. The summed E-state index contributed by atoms with van der Waals surface area (Å²) in [6, 6.07) is 7.41. The molecule has 5 rings (SSSR count). The average molecular weight is 390 g/mol. The number of H-pyrrole nitrogens is 1. The van der Waals surface area contributed by atoms with Crippen LogP contribution in [0.5, 0.6) is 0 Å². The lowest BCUT2D eigenvalue weighted by molar-refractivity contribution is 0.0697. The van der Waals surface area contributed by atoms with E-state index in [4.69, 9.17) is 9.72 Å². The van der Waals surface area contributed by atoms with E-state index in [-0.39, 0.29) is 11.7 Å². The van der Waals surface area contributed by atoms with Crippen LogP contribution < -0.4 is 11.0 Å². The quantitative estimate of drug-likeness (QED) is 0.545. The van der Waals surface area contributed by atoms with Crippen LogP contribution in [0.15, 0.2) is 29.3 Å². The first-order chi connectivity index (χ1) is 14.2. The van der Waals surface area contributed by atoms with Crippen LogP contribution in [0.4, 0.5) is 5.82 Å².